The fourth-order valence-electron chi connectivity index (χ4n) is 3.93. The molecule has 1 fully saturated rings. The maximum absolute atomic E-state index is 13.2. The van der Waals surface area contributed by atoms with Crippen LogP contribution in [0.25, 0.3) is 6.20 Å². The summed E-state index contributed by atoms with van der Waals surface area (Å²) >= 11 is 0. The van der Waals surface area contributed by atoms with E-state index in [1.807, 2.05) is 27.7 Å². The van der Waals surface area contributed by atoms with Crippen molar-refractivity contribution in [3.63, 3.8) is 0 Å². The Morgan fingerprint density at radius 1 is 1.29 bits per heavy atom. The minimum absolute atomic E-state index is 0.0272. The van der Waals surface area contributed by atoms with Gasteiger partial charge < -0.3 is 25.8 Å². The lowest BCUT2D eigenvalue weighted by Gasteiger charge is -2.32. The molecule has 10 heteroatoms. The number of hydrogen-bond donors (Lipinski definition) is 3. The molecular formula is C24H39N5O5. The van der Waals surface area contributed by atoms with Crippen molar-refractivity contribution in [2.75, 3.05) is 13.7 Å². The Balaban J connectivity index is 2.22. The first-order valence-corrected chi connectivity index (χ1v) is 11.9. The van der Waals surface area contributed by atoms with Gasteiger partial charge in [-0.15, -0.1) is 0 Å². The van der Waals surface area contributed by atoms with Gasteiger partial charge >= 0.3 is 6.09 Å². The van der Waals surface area contributed by atoms with Crippen LogP contribution in [0.4, 0.5) is 4.79 Å². The van der Waals surface area contributed by atoms with Crippen molar-refractivity contribution in [3.05, 3.63) is 17.8 Å². The quantitative estimate of drug-likeness (QED) is 0.448. The van der Waals surface area contributed by atoms with Crippen LogP contribution in [0, 0.1) is 11.8 Å². The van der Waals surface area contributed by atoms with E-state index in [1.54, 1.807) is 12.3 Å². The first-order valence-electron chi connectivity index (χ1n) is 11.9. The third-order valence-corrected chi connectivity index (χ3v) is 5.78. The third-order valence-electron chi connectivity index (χ3n) is 5.78. The lowest BCUT2D eigenvalue weighted by Crippen LogP contribution is -2.42. The Morgan fingerprint density at radius 3 is 2.65 bits per heavy atom. The van der Waals surface area contributed by atoms with Crippen molar-refractivity contribution in [2.24, 2.45) is 17.6 Å². The second-order valence-electron chi connectivity index (χ2n) is 9.80. The Morgan fingerprint density at radius 2 is 2.00 bits per heavy atom. The van der Waals surface area contributed by atoms with Crippen molar-refractivity contribution < 1.29 is 23.9 Å². The van der Waals surface area contributed by atoms with Crippen LogP contribution in [0.2, 0.25) is 0 Å². The Hall–Kier alpha value is -3.04. The molecule has 1 aliphatic rings. The number of hydrogen-bond acceptors (Lipinski definition) is 6. The lowest BCUT2D eigenvalue weighted by molar-refractivity contribution is -0.118. The monoisotopic (exact) mass is 477 g/mol. The minimum Gasteiger partial charge on any atom is -0.477 e. The van der Waals surface area contributed by atoms with Gasteiger partial charge in [-0.3, -0.25) is 9.59 Å². The van der Waals surface area contributed by atoms with E-state index < -0.39 is 11.6 Å². The predicted molar refractivity (Wildman–Crippen MR) is 129 cm³/mol. The van der Waals surface area contributed by atoms with Gasteiger partial charge in [0.2, 0.25) is 11.8 Å². The molecule has 2 rings (SSSR count). The largest absolute Gasteiger partial charge is 0.477 e. The van der Waals surface area contributed by atoms with Gasteiger partial charge in [0.25, 0.3) is 5.91 Å². The SMILES string of the molecule is COC(=O)NC(C)(C)/C=C/n1ncc(C(=O)N[C@@H]2CCCCC2CCC(N)=O)c1OCC(C)C. The summed E-state index contributed by atoms with van der Waals surface area (Å²) in [5.74, 6) is 0.211. The number of carbonyl (C=O) groups is 3. The van der Waals surface area contributed by atoms with Gasteiger partial charge in [0.15, 0.2) is 0 Å². The maximum Gasteiger partial charge on any atom is 0.407 e. The zero-order chi connectivity index (χ0) is 25.3. The van der Waals surface area contributed by atoms with Crippen molar-refractivity contribution in [1.29, 1.82) is 0 Å². The summed E-state index contributed by atoms with van der Waals surface area (Å²) in [5.41, 5.74) is 4.95. The van der Waals surface area contributed by atoms with Crippen molar-refractivity contribution in [1.82, 2.24) is 20.4 Å². The van der Waals surface area contributed by atoms with Gasteiger partial charge in [-0.2, -0.15) is 5.10 Å². The van der Waals surface area contributed by atoms with Gasteiger partial charge in [0.05, 0.1) is 25.5 Å². The number of nitrogens with zero attached hydrogens (tertiary/aromatic N) is 2. The molecule has 0 aromatic carbocycles. The number of nitrogens with two attached hydrogens (primary N) is 1. The minimum atomic E-state index is -0.716. The van der Waals surface area contributed by atoms with E-state index in [2.05, 4.69) is 20.5 Å². The summed E-state index contributed by atoms with van der Waals surface area (Å²) in [6, 6.07) is -0.0272. The van der Waals surface area contributed by atoms with E-state index in [1.165, 1.54) is 18.0 Å². The summed E-state index contributed by atoms with van der Waals surface area (Å²) in [6.45, 7) is 8.06. The molecule has 1 aliphatic carbocycles. The van der Waals surface area contributed by atoms with Gasteiger partial charge in [0, 0.05) is 18.7 Å². The number of methoxy groups -OCH3 is 1. The van der Waals surface area contributed by atoms with Crippen LogP contribution in [0.3, 0.4) is 0 Å². The van der Waals surface area contributed by atoms with Gasteiger partial charge in [0.1, 0.15) is 5.56 Å². The second-order valence-corrected chi connectivity index (χ2v) is 9.80. The first-order chi connectivity index (χ1) is 16.0. The number of ether oxygens (including phenoxy) is 2. The molecule has 1 aromatic rings. The average Bonchev–Trinajstić information content (AvgIpc) is 3.18. The molecule has 0 spiro atoms. The Labute approximate surface area is 201 Å². The number of nitrogens with one attached hydrogen (secondary N) is 2. The van der Waals surface area contributed by atoms with Gasteiger partial charge in [-0.05, 0) is 51.0 Å². The summed E-state index contributed by atoms with van der Waals surface area (Å²) in [6.07, 6.45) is 9.23. The zero-order valence-electron chi connectivity index (χ0n) is 20.9. The van der Waals surface area contributed by atoms with E-state index in [-0.39, 0.29) is 29.7 Å². The smallest absolute Gasteiger partial charge is 0.407 e. The highest BCUT2D eigenvalue weighted by Gasteiger charge is 2.29. The number of amides is 3. The third kappa shape index (κ3) is 8.39. The summed E-state index contributed by atoms with van der Waals surface area (Å²) in [4.78, 5) is 36.1. The van der Waals surface area contributed by atoms with Crippen LogP contribution in [-0.2, 0) is 9.53 Å². The topological polar surface area (TPSA) is 138 Å². The molecule has 0 bridgehead atoms. The molecule has 3 amide bonds. The fraction of sp³-hybridized carbons (Fsp3) is 0.667. The van der Waals surface area contributed by atoms with Crippen LogP contribution < -0.4 is 21.1 Å². The highest BCUT2D eigenvalue weighted by atomic mass is 16.5. The van der Waals surface area contributed by atoms with Crippen LogP contribution in [-0.4, -0.2) is 53.0 Å². The summed E-state index contributed by atoms with van der Waals surface area (Å²) < 4.78 is 12.1. The molecule has 4 N–H and O–H groups in total. The van der Waals surface area contributed by atoms with E-state index >= 15 is 0 Å². The lowest BCUT2D eigenvalue weighted by atomic mass is 9.81. The number of primary amides is 1. The highest BCUT2D eigenvalue weighted by molar-refractivity contribution is 5.96. The van der Waals surface area contributed by atoms with Crippen LogP contribution in [0.1, 0.15) is 76.6 Å². The molecular weight excluding hydrogens is 438 g/mol. The van der Waals surface area contributed by atoms with Crippen LogP contribution >= 0.6 is 0 Å². The Kier molecular flexibility index (Phi) is 9.95. The van der Waals surface area contributed by atoms with E-state index in [0.29, 0.717) is 30.9 Å². The summed E-state index contributed by atoms with van der Waals surface area (Å²) in [5, 5.41) is 10.2. The van der Waals surface area contributed by atoms with Crippen molar-refractivity contribution in [3.8, 4) is 5.88 Å². The van der Waals surface area contributed by atoms with Gasteiger partial charge in [-0.1, -0.05) is 26.7 Å². The molecule has 0 aliphatic heterocycles. The van der Waals surface area contributed by atoms with Crippen molar-refractivity contribution >= 4 is 24.1 Å². The standard InChI is InChI=1S/C24H39N5O5/c1-16(2)15-34-22-18(14-26-29(22)13-12-24(3,4)28-23(32)33-5)21(31)27-19-9-7-6-8-17(19)10-11-20(25)30/h12-14,16-17,19H,6-11,15H2,1-5H3,(H2,25,30)(H,27,31)(H,28,32)/b13-12+/t17?,19-/m1/s1. The van der Waals surface area contributed by atoms with Gasteiger partial charge in [-0.25, -0.2) is 9.48 Å². The van der Waals surface area contributed by atoms with Crippen LogP contribution in [0.15, 0.2) is 12.3 Å². The molecule has 2 atom stereocenters. The van der Waals surface area contributed by atoms with E-state index in [4.69, 9.17) is 10.5 Å². The molecule has 190 valence electrons. The molecule has 10 nitrogen and oxygen atoms in total. The van der Waals surface area contributed by atoms with Crippen LogP contribution in [0.5, 0.6) is 5.88 Å². The number of aromatic nitrogens is 2. The predicted octanol–water partition coefficient (Wildman–Crippen LogP) is 3.08. The highest BCUT2D eigenvalue weighted by Crippen LogP contribution is 2.29. The second kappa shape index (κ2) is 12.4. The van der Waals surface area contributed by atoms with E-state index in [9.17, 15) is 14.4 Å². The zero-order valence-corrected chi connectivity index (χ0v) is 20.9. The molecule has 1 saturated carbocycles. The molecule has 1 unspecified atom stereocenters. The number of alkyl carbamates (subject to hydrolysis) is 1. The first kappa shape index (κ1) is 27.2. The maximum atomic E-state index is 13.2. The normalized spacial score (nSPS) is 18.6. The molecule has 0 radical (unpaired) electrons. The number of rotatable bonds is 11. The van der Waals surface area contributed by atoms with Crippen molar-refractivity contribution in [2.45, 2.75) is 77.8 Å². The summed E-state index contributed by atoms with van der Waals surface area (Å²) in [7, 11) is 1.30. The molecule has 0 saturated heterocycles. The molecule has 1 aromatic heterocycles. The number of carbonyl (C=O) groups excluding carboxylic acids is 3. The molecule has 34 heavy (non-hydrogen) atoms. The Bertz CT molecular complexity index is 877. The average molecular weight is 478 g/mol. The van der Waals surface area contributed by atoms with E-state index in [0.717, 1.165) is 25.7 Å². The fourth-order valence-corrected chi connectivity index (χ4v) is 3.93. The molecule has 1 heterocycles.